The van der Waals surface area contributed by atoms with Gasteiger partial charge in [0.15, 0.2) is 0 Å². The van der Waals surface area contributed by atoms with Crippen LogP contribution >= 0.6 is 11.6 Å². The molecule has 0 fully saturated rings. The first-order valence-electron chi connectivity index (χ1n) is 5.31. The predicted octanol–water partition coefficient (Wildman–Crippen LogP) is 2.08. The third-order valence-corrected chi connectivity index (χ3v) is 3.98. The minimum Gasteiger partial charge on any atom is -0.271 e. The Morgan fingerprint density at radius 3 is 2.65 bits per heavy atom. The van der Waals surface area contributed by atoms with Crippen LogP contribution in [0.5, 0.6) is 0 Å². The molecule has 1 rings (SSSR count). The Morgan fingerprint density at radius 1 is 1.35 bits per heavy atom. The van der Waals surface area contributed by atoms with Crippen molar-refractivity contribution in [3.8, 4) is 0 Å². The number of anilines is 1. The number of benzene rings is 1. The zero-order valence-corrected chi connectivity index (χ0v) is 11.6. The van der Waals surface area contributed by atoms with Gasteiger partial charge in [0.25, 0.3) is 0 Å². The van der Waals surface area contributed by atoms with Crippen molar-refractivity contribution in [1.29, 1.82) is 0 Å². The van der Waals surface area contributed by atoms with E-state index >= 15 is 0 Å². The van der Waals surface area contributed by atoms with Gasteiger partial charge >= 0.3 is 10.2 Å². The van der Waals surface area contributed by atoms with Gasteiger partial charge in [0.2, 0.25) is 0 Å². The average Bonchev–Trinajstić information content (AvgIpc) is 2.26. The highest BCUT2D eigenvalue weighted by Crippen LogP contribution is 2.14. The topological polar surface area (TPSA) is 49.4 Å². The smallest absolute Gasteiger partial charge is 0.271 e. The van der Waals surface area contributed by atoms with Gasteiger partial charge in [-0.05, 0) is 30.5 Å². The summed E-state index contributed by atoms with van der Waals surface area (Å²) in [5, 5.41) is 0. The van der Waals surface area contributed by atoms with Crippen LogP contribution in [0.25, 0.3) is 0 Å². The first kappa shape index (κ1) is 14.3. The molecule has 1 aromatic carbocycles. The van der Waals surface area contributed by atoms with Crippen LogP contribution in [0.1, 0.15) is 12.0 Å². The van der Waals surface area contributed by atoms with Gasteiger partial charge < -0.3 is 0 Å². The molecule has 0 spiro atoms. The van der Waals surface area contributed by atoms with Crippen LogP contribution < -0.4 is 4.72 Å². The maximum absolute atomic E-state index is 11.6. The summed E-state index contributed by atoms with van der Waals surface area (Å²) in [4.78, 5) is 0. The van der Waals surface area contributed by atoms with E-state index in [0.29, 0.717) is 11.6 Å². The Balaban J connectivity index is 2.79. The summed E-state index contributed by atoms with van der Waals surface area (Å²) in [6, 6.07) is 7.34. The number of halogens is 1. The van der Waals surface area contributed by atoms with E-state index in [2.05, 4.69) is 4.72 Å². The van der Waals surface area contributed by atoms with Crippen LogP contribution in [0.4, 0.5) is 5.69 Å². The van der Waals surface area contributed by atoms with Crippen molar-refractivity contribution in [2.75, 3.05) is 24.7 Å². The Kier molecular flexibility index (Phi) is 5.24. The van der Waals surface area contributed by atoms with Crippen LogP contribution in [-0.4, -0.2) is 32.7 Å². The molecule has 0 unspecified atom stereocenters. The summed E-state index contributed by atoms with van der Waals surface area (Å²) in [5.41, 5.74) is 1.65. The minimum absolute atomic E-state index is 0.575. The van der Waals surface area contributed by atoms with Gasteiger partial charge in [-0.15, -0.1) is 11.6 Å². The molecule has 1 aromatic rings. The fourth-order valence-electron chi connectivity index (χ4n) is 1.30. The Hall–Kier alpha value is -0.780. The molecule has 0 heterocycles. The third kappa shape index (κ3) is 4.53. The maximum Gasteiger partial charge on any atom is 0.301 e. The van der Waals surface area contributed by atoms with E-state index in [1.54, 1.807) is 6.07 Å². The fourth-order valence-corrected chi connectivity index (χ4v) is 2.04. The third-order valence-electron chi connectivity index (χ3n) is 2.25. The Bertz CT molecular complexity index is 460. The van der Waals surface area contributed by atoms with Gasteiger partial charge in [-0.1, -0.05) is 12.1 Å². The number of rotatable bonds is 6. The second-order valence-electron chi connectivity index (χ2n) is 3.88. The lowest BCUT2D eigenvalue weighted by Crippen LogP contribution is -2.28. The van der Waals surface area contributed by atoms with E-state index in [9.17, 15) is 8.42 Å². The lowest BCUT2D eigenvalue weighted by molar-refractivity contribution is 0.527. The number of nitrogens with one attached hydrogen (secondary N) is 1. The summed E-state index contributed by atoms with van der Waals surface area (Å²) < 4.78 is 26.9. The molecule has 6 heteroatoms. The first-order chi connectivity index (χ1) is 7.95. The standard InChI is InChI=1S/C11H17ClN2O2S/c1-14(2)17(15,16)13-11-7-3-5-10(9-11)6-4-8-12/h3,5,7,9,13H,4,6,8H2,1-2H3. The average molecular weight is 277 g/mol. The molecule has 0 aliphatic rings. The second kappa shape index (κ2) is 6.23. The van der Waals surface area contributed by atoms with Crippen molar-refractivity contribution in [3.05, 3.63) is 29.8 Å². The Labute approximate surface area is 108 Å². The predicted molar refractivity (Wildman–Crippen MR) is 71.7 cm³/mol. The van der Waals surface area contributed by atoms with Crippen LogP contribution in [0, 0.1) is 0 Å². The summed E-state index contributed by atoms with van der Waals surface area (Å²) in [7, 11) is -0.460. The fraction of sp³-hybridized carbons (Fsp3) is 0.455. The largest absolute Gasteiger partial charge is 0.301 e. The molecule has 96 valence electrons. The Morgan fingerprint density at radius 2 is 2.06 bits per heavy atom. The van der Waals surface area contributed by atoms with Crippen molar-refractivity contribution in [2.24, 2.45) is 0 Å². The van der Waals surface area contributed by atoms with E-state index in [1.165, 1.54) is 14.1 Å². The summed E-state index contributed by atoms with van der Waals surface area (Å²) >= 11 is 5.62. The van der Waals surface area contributed by atoms with Gasteiger partial charge in [-0.2, -0.15) is 12.7 Å². The SMILES string of the molecule is CN(C)S(=O)(=O)Nc1cccc(CCCCl)c1. The number of aryl methyl sites for hydroxylation is 1. The van der Waals surface area contributed by atoms with Crippen molar-refractivity contribution < 1.29 is 8.42 Å². The molecule has 4 nitrogen and oxygen atoms in total. The zero-order chi connectivity index (χ0) is 12.9. The van der Waals surface area contributed by atoms with Crippen LogP contribution in [0.15, 0.2) is 24.3 Å². The molecule has 0 saturated heterocycles. The van der Waals surface area contributed by atoms with E-state index in [4.69, 9.17) is 11.6 Å². The van der Waals surface area contributed by atoms with E-state index < -0.39 is 10.2 Å². The molecule has 0 aliphatic carbocycles. The monoisotopic (exact) mass is 276 g/mol. The minimum atomic E-state index is -3.43. The molecule has 17 heavy (non-hydrogen) atoms. The number of hydrogen-bond acceptors (Lipinski definition) is 2. The summed E-state index contributed by atoms with van der Waals surface area (Å²) in [6.07, 6.45) is 1.73. The molecule has 0 radical (unpaired) electrons. The molecule has 0 aromatic heterocycles. The first-order valence-corrected chi connectivity index (χ1v) is 7.28. The van der Waals surface area contributed by atoms with Crippen molar-refractivity contribution >= 4 is 27.5 Å². The van der Waals surface area contributed by atoms with Gasteiger partial charge in [0.05, 0.1) is 5.69 Å². The van der Waals surface area contributed by atoms with E-state index in [1.807, 2.05) is 18.2 Å². The molecule has 1 N–H and O–H groups in total. The number of hydrogen-bond donors (Lipinski definition) is 1. The lowest BCUT2D eigenvalue weighted by atomic mass is 10.1. The van der Waals surface area contributed by atoms with Crippen molar-refractivity contribution in [1.82, 2.24) is 4.31 Å². The number of nitrogens with zero attached hydrogens (tertiary/aromatic N) is 1. The molecule has 0 saturated carbocycles. The van der Waals surface area contributed by atoms with Crippen LogP contribution in [0.2, 0.25) is 0 Å². The molecular weight excluding hydrogens is 260 g/mol. The van der Waals surface area contributed by atoms with Gasteiger partial charge in [-0.25, -0.2) is 0 Å². The van der Waals surface area contributed by atoms with Crippen LogP contribution in [0.3, 0.4) is 0 Å². The highest BCUT2D eigenvalue weighted by molar-refractivity contribution is 7.90. The lowest BCUT2D eigenvalue weighted by Gasteiger charge is -2.13. The van der Waals surface area contributed by atoms with Crippen molar-refractivity contribution in [2.45, 2.75) is 12.8 Å². The molecule has 0 aliphatic heterocycles. The molecule has 0 atom stereocenters. The van der Waals surface area contributed by atoms with E-state index in [-0.39, 0.29) is 0 Å². The summed E-state index contributed by atoms with van der Waals surface area (Å²) in [6.45, 7) is 0. The number of alkyl halides is 1. The summed E-state index contributed by atoms with van der Waals surface area (Å²) in [5.74, 6) is 0.605. The normalized spacial score (nSPS) is 11.8. The quantitative estimate of drug-likeness (QED) is 0.809. The zero-order valence-electron chi connectivity index (χ0n) is 9.98. The maximum atomic E-state index is 11.6. The van der Waals surface area contributed by atoms with Crippen LogP contribution in [-0.2, 0) is 16.6 Å². The van der Waals surface area contributed by atoms with Gasteiger partial charge in [0, 0.05) is 20.0 Å². The second-order valence-corrected chi connectivity index (χ2v) is 6.14. The van der Waals surface area contributed by atoms with Gasteiger partial charge in [0.1, 0.15) is 0 Å². The molecule has 0 bridgehead atoms. The van der Waals surface area contributed by atoms with E-state index in [0.717, 1.165) is 22.7 Å². The van der Waals surface area contributed by atoms with Gasteiger partial charge in [-0.3, -0.25) is 4.72 Å². The molecule has 0 amide bonds. The molecular formula is C11H17ClN2O2S. The highest BCUT2D eigenvalue weighted by Gasteiger charge is 2.12. The van der Waals surface area contributed by atoms with Crippen molar-refractivity contribution in [3.63, 3.8) is 0 Å². The highest BCUT2D eigenvalue weighted by atomic mass is 35.5.